The second kappa shape index (κ2) is 5.34. The second-order valence-corrected chi connectivity index (χ2v) is 4.95. The lowest BCUT2D eigenvalue weighted by atomic mass is 10.2. The summed E-state index contributed by atoms with van der Waals surface area (Å²) in [6, 6.07) is 9.45. The number of aromatic nitrogens is 3. The monoisotopic (exact) mass is 284 g/mol. The molecule has 0 saturated heterocycles. The minimum absolute atomic E-state index is 0.208. The highest BCUT2D eigenvalue weighted by molar-refractivity contribution is 7.98. The summed E-state index contributed by atoms with van der Waals surface area (Å²) >= 11 is 1.59. The van der Waals surface area contributed by atoms with Crippen LogP contribution < -0.4 is 5.32 Å². The van der Waals surface area contributed by atoms with E-state index in [1.807, 2.05) is 30.5 Å². The third kappa shape index (κ3) is 2.25. The van der Waals surface area contributed by atoms with Gasteiger partial charge in [-0.05, 0) is 24.5 Å². The molecule has 3 aromatic rings. The molecule has 0 atom stereocenters. The molecule has 2 aromatic heterocycles. The Balaban J connectivity index is 1.93. The maximum Gasteiger partial charge on any atom is 0.261 e. The summed E-state index contributed by atoms with van der Waals surface area (Å²) in [5.41, 5.74) is 1.80. The van der Waals surface area contributed by atoms with Gasteiger partial charge in [-0.15, -0.1) is 11.8 Å². The van der Waals surface area contributed by atoms with Gasteiger partial charge in [0.1, 0.15) is 5.56 Å². The minimum Gasteiger partial charge on any atom is -0.321 e. The van der Waals surface area contributed by atoms with E-state index in [2.05, 4.69) is 15.4 Å². The standard InChI is InChI=1S/C14H12N4OS/c1-20-12-6-3-2-5-11(12)17-14(19)10-9-16-18-8-4-7-15-13(10)18/h2-9H,1H3,(H,17,19). The normalized spacial score (nSPS) is 10.7. The molecule has 20 heavy (non-hydrogen) atoms. The van der Waals surface area contributed by atoms with E-state index in [1.165, 1.54) is 6.20 Å². The van der Waals surface area contributed by atoms with E-state index in [-0.39, 0.29) is 5.91 Å². The van der Waals surface area contributed by atoms with E-state index >= 15 is 0 Å². The van der Waals surface area contributed by atoms with Gasteiger partial charge in [-0.1, -0.05) is 12.1 Å². The molecule has 0 radical (unpaired) electrons. The number of nitrogens with zero attached hydrogens (tertiary/aromatic N) is 3. The van der Waals surface area contributed by atoms with Gasteiger partial charge in [-0.25, -0.2) is 9.50 Å². The molecule has 0 saturated carbocycles. The van der Waals surface area contributed by atoms with Crippen LogP contribution in [-0.4, -0.2) is 26.8 Å². The van der Waals surface area contributed by atoms with Gasteiger partial charge in [-0.3, -0.25) is 4.79 Å². The topological polar surface area (TPSA) is 59.3 Å². The van der Waals surface area contributed by atoms with Crippen molar-refractivity contribution in [2.75, 3.05) is 11.6 Å². The van der Waals surface area contributed by atoms with Crippen LogP contribution in [0, 0.1) is 0 Å². The number of anilines is 1. The molecule has 0 aliphatic rings. The van der Waals surface area contributed by atoms with Crippen molar-refractivity contribution in [1.29, 1.82) is 0 Å². The van der Waals surface area contributed by atoms with Crippen molar-refractivity contribution in [3.63, 3.8) is 0 Å². The summed E-state index contributed by atoms with van der Waals surface area (Å²) < 4.78 is 1.58. The van der Waals surface area contributed by atoms with Crippen LogP contribution in [0.3, 0.4) is 0 Å². The highest BCUT2D eigenvalue weighted by Gasteiger charge is 2.14. The molecule has 0 spiro atoms. The number of hydrogen-bond donors (Lipinski definition) is 1. The van der Waals surface area contributed by atoms with Gasteiger partial charge in [0.05, 0.1) is 11.9 Å². The Morgan fingerprint density at radius 1 is 1.30 bits per heavy atom. The smallest absolute Gasteiger partial charge is 0.261 e. The number of benzene rings is 1. The fourth-order valence-corrected chi connectivity index (χ4v) is 2.48. The number of thioether (sulfide) groups is 1. The lowest BCUT2D eigenvalue weighted by Crippen LogP contribution is -2.12. The zero-order valence-electron chi connectivity index (χ0n) is 10.8. The van der Waals surface area contributed by atoms with Crippen molar-refractivity contribution >= 4 is 29.0 Å². The first-order chi connectivity index (χ1) is 9.79. The first kappa shape index (κ1) is 12.7. The fraction of sp³-hybridized carbons (Fsp3) is 0.0714. The molecular formula is C14H12N4OS. The van der Waals surface area contributed by atoms with Crippen molar-refractivity contribution in [2.45, 2.75) is 4.90 Å². The largest absolute Gasteiger partial charge is 0.321 e. The molecule has 6 heteroatoms. The van der Waals surface area contributed by atoms with Crippen molar-refractivity contribution in [2.24, 2.45) is 0 Å². The van der Waals surface area contributed by atoms with Crippen LogP contribution in [0.4, 0.5) is 5.69 Å². The average molecular weight is 284 g/mol. The van der Waals surface area contributed by atoms with Crippen LogP contribution in [0.2, 0.25) is 0 Å². The molecule has 1 aromatic carbocycles. The van der Waals surface area contributed by atoms with Gasteiger partial charge in [0.15, 0.2) is 5.65 Å². The third-order valence-electron chi connectivity index (χ3n) is 2.88. The quantitative estimate of drug-likeness (QED) is 0.751. The average Bonchev–Trinajstić information content (AvgIpc) is 2.92. The van der Waals surface area contributed by atoms with E-state index in [0.29, 0.717) is 11.2 Å². The van der Waals surface area contributed by atoms with E-state index in [4.69, 9.17) is 0 Å². The molecule has 0 unspecified atom stereocenters. The Hall–Kier alpha value is -2.34. The Bertz CT molecular complexity index is 768. The van der Waals surface area contributed by atoms with Crippen molar-refractivity contribution < 1.29 is 4.79 Å². The summed E-state index contributed by atoms with van der Waals surface area (Å²) in [6.07, 6.45) is 6.90. The number of rotatable bonds is 3. The number of fused-ring (bicyclic) bond motifs is 1. The van der Waals surface area contributed by atoms with E-state index in [9.17, 15) is 4.79 Å². The number of carbonyl (C=O) groups excluding carboxylic acids is 1. The summed E-state index contributed by atoms with van der Waals surface area (Å²) in [4.78, 5) is 17.5. The Labute approximate surface area is 120 Å². The summed E-state index contributed by atoms with van der Waals surface area (Å²) in [5, 5.41) is 7.01. The van der Waals surface area contributed by atoms with E-state index in [1.54, 1.807) is 34.7 Å². The lowest BCUT2D eigenvalue weighted by molar-refractivity contribution is 0.102. The SMILES string of the molecule is CSc1ccccc1NC(=O)c1cnn2cccnc12. The maximum atomic E-state index is 12.3. The predicted molar refractivity (Wildman–Crippen MR) is 79.2 cm³/mol. The summed E-state index contributed by atoms with van der Waals surface area (Å²) in [7, 11) is 0. The van der Waals surface area contributed by atoms with Crippen LogP contribution in [0.5, 0.6) is 0 Å². The molecule has 1 N–H and O–H groups in total. The van der Waals surface area contributed by atoms with Crippen LogP contribution in [0.1, 0.15) is 10.4 Å². The Morgan fingerprint density at radius 2 is 2.15 bits per heavy atom. The van der Waals surface area contributed by atoms with E-state index < -0.39 is 0 Å². The van der Waals surface area contributed by atoms with Gasteiger partial charge < -0.3 is 5.32 Å². The molecule has 0 aliphatic carbocycles. The van der Waals surface area contributed by atoms with Crippen LogP contribution in [0.25, 0.3) is 5.65 Å². The highest BCUT2D eigenvalue weighted by atomic mass is 32.2. The first-order valence-corrected chi connectivity index (χ1v) is 7.25. The summed E-state index contributed by atoms with van der Waals surface area (Å²) in [5.74, 6) is -0.208. The van der Waals surface area contributed by atoms with Crippen LogP contribution >= 0.6 is 11.8 Å². The van der Waals surface area contributed by atoms with Crippen molar-refractivity contribution in [1.82, 2.24) is 14.6 Å². The zero-order valence-corrected chi connectivity index (χ0v) is 11.6. The lowest BCUT2D eigenvalue weighted by Gasteiger charge is -2.08. The van der Waals surface area contributed by atoms with Gasteiger partial charge in [0, 0.05) is 17.3 Å². The zero-order chi connectivity index (χ0) is 13.9. The van der Waals surface area contributed by atoms with Gasteiger partial charge in [0.2, 0.25) is 0 Å². The van der Waals surface area contributed by atoms with Gasteiger partial charge >= 0.3 is 0 Å². The molecule has 2 heterocycles. The van der Waals surface area contributed by atoms with Crippen molar-refractivity contribution in [3.8, 4) is 0 Å². The molecule has 3 rings (SSSR count). The predicted octanol–water partition coefficient (Wildman–Crippen LogP) is 2.70. The number of carbonyl (C=O) groups is 1. The maximum absolute atomic E-state index is 12.3. The van der Waals surface area contributed by atoms with Gasteiger partial charge in [-0.2, -0.15) is 5.10 Å². The Kier molecular flexibility index (Phi) is 3.39. The van der Waals surface area contributed by atoms with Crippen LogP contribution in [-0.2, 0) is 0 Å². The molecule has 5 nitrogen and oxygen atoms in total. The number of hydrogen-bond acceptors (Lipinski definition) is 4. The minimum atomic E-state index is -0.208. The first-order valence-electron chi connectivity index (χ1n) is 6.02. The number of para-hydroxylation sites is 1. The second-order valence-electron chi connectivity index (χ2n) is 4.10. The molecule has 0 aliphatic heterocycles. The molecular weight excluding hydrogens is 272 g/mol. The van der Waals surface area contributed by atoms with Crippen LogP contribution in [0.15, 0.2) is 53.8 Å². The third-order valence-corrected chi connectivity index (χ3v) is 3.67. The summed E-state index contributed by atoms with van der Waals surface area (Å²) in [6.45, 7) is 0. The fourth-order valence-electron chi connectivity index (χ4n) is 1.92. The molecule has 0 bridgehead atoms. The number of nitrogens with one attached hydrogen (secondary N) is 1. The van der Waals surface area contributed by atoms with E-state index in [0.717, 1.165) is 10.6 Å². The Morgan fingerprint density at radius 3 is 3.00 bits per heavy atom. The van der Waals surface area contributed by atoms with Crippen molar-refractivity contribution in [3.05, 3.63) is 54.5 Å². The molecule has 0 fully saturated rings. The molecule has 1 amide bonds. The molecule has 100 valence electrons. The van der Waals surface area contributed by atoms with Gasteiger partial charge in [0.25, 0.3) is 5.91 Å². The number of amides is 1. The highest BCUT2D eigenvalue weighted by Crippen LogP contribution is 2.25.